The van der Waals surface area contributed by atoms with Gasteiger partial charge in [0.25, 0.3) is 0 Å². The Morgan fingerprint density at radius 3 is 2.65 bits per heavy atom. The summed E-state index contributed by atoms with van der Waals surface area (Å²) in [6, 6.07) is 4.70. The highest BCUT2D eigenvalue weighted by molar-refractivity contribution is 7.89. The SMILES string of the molecule is CC(=O)Nc1ccc(C)cc1S(=O)(=O)N1CCCC1c1c(C)noc1C. The molecule has 0 bridgehead atoms. The molecule has 1 N–H and O–H groups in total. The number of rotatable bonds is 4. The Kier molecular flexibility index (Phi) is 4.90. The van der Waals surface area contributed by atoms with Gasteiger partial charge in [0.1, 0.15) is 10.7 Å². The number of nitrogens with one attached hydrogen (secondary N) is 1. The molecule has 1 aromatic carbocycles. The van der Waals surface area contributed by atoms with E-state index in [1.807, 2.05) is 13.8 Å². The van der Waals surface area contributed by atoms with Crippen molar-refractivity contribution >= 4 is 21.6 Å². The van der Waals surface area contributed by atoms with E-state index in [4.69, 9.17) is 4.52 Å². The van der Waals surface area contributed by atoms with Gasteiger partial charge in [0.15, 0.2) is 0 Å². The zero-order valence-electron chi connectivity index (χ0n) is 15.4. The van der Waals surface area contributed by atoms with Crippen LogP contribution in [-0.2, 0) is 14.8 Å². The van der Waals surface area contributed by atoms with Gasteiger partial charge in [-0.1, -0.05) is 11.2 Å². The standard InChI is InChI=1S/C18H23N3O4S/c1-11-7-8-15(19-14(4)22)17(10-11)26(23,24)21-9-5-6-16(21)18-12(2)20-25-13(18)3/h7-8,10,16H,5-6,9H2,1-4H3,(H,19,22). The molecule has 0 radical (unpaired) electrons. The summed E-state index contributed by atoms with van der Waals surface area (Å²) in [5, 5.41) is 6.59. The number of carbonyl (C=O) groups excluding carboxylic acids is 1. The third-order valence-corrected chi connectivity index (χ3v) is 6.61. The average Bonchev–Trinajstić information content (AvgIpc) is 3.15. The Bertz CT molecular complexity index is 930. The first kappa shape index (κ1) is 18.6. The number of benzene rings is 1. The maximum absolute atomic E-state index is 13.4. The highest BCUT2D eigenvalue weighted by atomic mass is 32.2. The summed E-state index contributed by atoms with van der Waals surface area (Å²) in [5.41, 5.74) is 2.65. The van der Waals surface area contributed by atoms with E-state index in [-0.39, 0.29) is 16.8 Å². The Labute approximate surface area is 153 Å². The zero-order chi connectivity index (χ0) is 19.1. The van der Waals surface area contributed by atoms with E-state index in [0.717, 1.165) is 17.5 Å². The Morgan fingerprint density at radius 1 is 1.31 bits per heavy atom. The number of nitrogens with zero attached hydrogens (tertiary/aromatic N) is 2. The fraction of sp³-hybridized carbons (Fsp3) is 0.444. The van der Waals surface area contributed by atoms with E-state index in [0.29, 0.717) is 30.1 Å². The van der Waals surface area contributed by atoms with Gasteiger partial charge in [-0.15, -0.1) is 0 Å². The lowest BCUT2D eigenvalue weighted by atomic mass is 10.0. The molecule has 1 unspecified atom stereocenters. The summed E-state index contributed by atoms with van der Waals surface area (Å²) in [6.45, 7) is 7.23. The van der Waals surface area contributed by atoms with Gasteiger partial charge in [-0.05, 0) is 51.3 Å². The van der Waals surface area contributed by atoms with Crippen molar-refractivity contribution in [3.8, 4) is 0 Å². The summed E-state index contributed by atoms with van der Waals surface area (Å²) in [5.74, 6) is 0.329. The lowest BCUT2D eigenvalue weighted by Gasteiger charge is -2.25. The average molecular weight is 377 g/mol. The molecule has 1 aliphatic heterocycles. The second kappa shape index (κ2) is 6.85. The normalized spacial score (nSPS) is 18.2. The van der Waals surface area contributed by atoms with Crippen molar-refractivity contribution in [2.45, 2.75) is 51.5 Å². The Hall–Kier alpha value is -2.19. The first-order valence-corrected chi connectivity index (χ1v) is 9.98. The van der Waals surface area contributed by atoms with Crippen molar-refractivity contribution in [2.24, 2.45) is 0 Å². The van der Waals surface area contributed by atoms with Crippen LogP contribution in [0, 0.1) is 20.8 Å². The molecule has 8 heteroatoms. The largest absolute Gasteiger partial charge is 0.361 e. The molecule has 7 nitrogen and oxygen atoms in total. The molecule has 0 spiro atoms. The topological polar surface area (TPSA) is 92.5 Å². The van der Waals surface area contributed by atoms with Crippen molar-refractivity contribution in [3.63, 3.8) is 0 Å². The first-order chi connectivity index (χ1) is 12.2. The van der Waals surface area contributed by atoms with E-state index in [1.165, 1.54) is 11.2 Å². The lowest BCUT2D eigenvalue weighted by Crippen LogP contribution is -2.32. The van der Waals surface area contributed by atoms with E-state index in [2.05, 4.69) is 10.5 Å². The fourth-order valence-electron chi connectivity index (χ4n) is 3.54. The third-order valence-electron chi connectivity index (χ3n) is 4.66. The van der Waals surface area contributed by atoms with Crippen LogP contribution in [0.25, 0.3) is 0 Å². The fourth-order valence-corrected chi connectivity index (χ4v) is 5.44. The van der Waals surface area contributed by atoms with Crippen molar-refractivity contribution in [1.29, 1.82) is 0 Å². The van der Waals surface area contributed by atoms with Gasteiger partial charge in [0, 0.05) is 19.0 Å². The smallest absolute Gasteiger partial charge is 0.245 e. The van der Waals surface area contributed by atoms with E-state index < -0.39 is 10.0 Å². The molecule has 1 aromatic heterocycles. The molecular formula is C18H23N3O4S. The van der Waals surface area contributed by atoms with Gasteiger partial charge in [0.05, 0.1) is 17.4 Å². The quantitative estimate of drug-likeness (QED) is 0.884. The highest BCUT2D eigenvalue weighted by Gasteiger charge is 2.39. The molecule has 3 rings (SSSR count). The van der Waals surface area contributed by atoms with Crippen LogP contribution in [0.3, 0.4) is 0 Å². The third kappa shape index (κ3) is 3.26. The number of aromatic nitrogens is 1. The second-order valence-corrected chi connectivity index (χ2v) is 8.55. The maximum atomic E-state index is 13.4. The molecule has 0 saturated carbocycles. The van der Waals surface area contributed by atoms with Gasteiger partial charge in [-0.3, -0.25) is 4.79 Å². The van der Waals surface area contributed by atoms with Gasteiger partial charge in [-0.25, -0.2) is 8.42 Å². The van der Waals surface area contributed by atoms with Crippen LogP contribution < -0.4 is 5.32 Å². The predicted octanol–water partition coefficient (Wildman–Crippen LogP) is 3.08. The molecule has 1 aliphatic rings. The summed E-state index contributed by atoms with van der Waals surface area (Å²) in [4.78, 5) is 11.6. The van der Waals surface area contributed by atoms with Crippen molar-refractivity contribution < 1.29 is 17.7 Å². The molecule has 1 amide bonds. The van der Waals surface area contributed by atoms with Gasteiger partial charge in [-0.2, -0.15) is 4.31 Å². The molecule has 140 valence electrons. The minimum atomic E-state index is -3.80. The number of hydrogen-bond donors (Lipinski definition) is 1. The molecule has 1 atom stereocenters. The number of anilines is 1. The first-order valence-electron chi connectivity index (χ1n) is 8.54. The summed E-state index contributed by atoms with van der Waals surface area (Å²) in [6.07, 6.45) is 1.47. The molecule has 2 heterocycles. The van der Waals surface area contributed by atoms with Crippen LogP contribution >= 0.6 is 0 Å². The second-order valence-electron chi connectivity index (χ2n) is 6.69. The molecular weight excluding hydrogens is 354 g/mol. The Morgan fingerprint density at radius 2 is 2.04 bits per heavy atom. The van der Waals surface area contributed by atoms with Crippen LogP contribution in [0.1, 0.15) is 48.4 Å². The monoisotopic (exact) mass is 377 g/mol. The van der Waals surface area contributed by atoms with Crippen molar-refractivity contribution in [2.75, 3.05) is 11.9 Å². The maximum Gasteiger partial charge on any atom is 0.245 e. The number of carbonyl (C=O) groups is 1. The van der Waals surface area contributed by atoms with Crippen molar-refractivity contribution in [3.05, 3.63) is 40.8 Å². The van der Waals surface area contributed by atoms with Crippen LogP contribution in [0.2, 0.25) is 0 Å². The summed E-state index contributed by atoms with van der Waals surface area (Å²) in [7, 11) is -3.80. The summed E-state index contributed by atoms with van der Waals surface area (Å²) >= 11 is 0. The van der Waals surface area contributed by atoms with Gasteiger partial charge < -0.3 is 9.84 Å². The summed E-state index contributed by atoms with van der Waals surface area (Å²) < 4.78 is 33.6. The van der Waals surface area contributed by atoms with Crippen LogP contribution in [-0.4, -0.2) is 30.3 Å². The predicted molar refractivity (Wildman–Crippen MR) is 97.3 cm³/mol. The van der Waals surface area contributed by atoms with Crippen LogP contribution in [0.15, 0.2) is 27.6 Å². The number of amides is 1. The molecule has 1 saturated heterocycles. The molecule has 1 fully saturated rings. The van der Waals surface area contributed by atoms with Crippen LogP contribution in [0.4, 0.5) is 5.69 Å². The Balaban J connectivity index is 2.08. The minimum absolute atomic E-state index is 0.117. The van der Waals surface area contributed by atoms with E-state index in [1.54, 1.807) is 25.1 Å². The lowest BCUT2D eigenvalue weighted by molar-refractivity contribution is -0.114. The van der Waals surface area contributed by atoms with Gasteiger partial charge >= 0.3 is 0 Å². The number of hydrogen-bond acceptors (Lipinski definition) is 5. The van der Waals surface area contributed by atoms with Crippen molar-refractivity contribution in [1.82, 2.24) is 9.46 Å². The van der Waals surface area contributed by atoms with E-state index >= 15 is 0 Å². The number of aryl methyl sites for hydroxylation is 3. The van der Waals surface area contributed by atoms with Crippen LogP contribution in [0.5, 0.6) is 0 Å². The van der Waals surface area contributed by atoms with E-state index in [9.17, 15) is 13.2 Å². The molecule has 0 aliphatic carbocycles. The van der Waals surface area contributed by atoms with Gasteiger partial charge in [0.2, 0.25) is 15.9 Å². The minimum Gasteiger partial charge on any atom is -0.361 e. The number of sulfonamides is 1. The zero-order valence-corrected chi connectivity index (χ0v) is 16.2. The highest BCUT2D eigenvalue weighted by Crippen LogP contribution is 2.40. The molecule has 26 heavy (non-hydrogen) atoms. The molecule has 2 aromatic rings.